The number of hydrogen-bond acceptors (Lipinski definition) is 3. The summed E-state index contributed by atoms with van der Waals surface area (Å²) in [6, 6.07) is 11.0. The number of benzene rings is 1. The van der Waals surface area contributed by atoms with E-state index in [1.807, 2.05) is 48.9 Å². The van der Waals surface area contributed by atoms with Crippen molar-refractivity contribution in [2.45, 2.75) is 58.3 Å². The normalized spacial score (nSPS) is 14.1. The van der Waals surface area contributed by atoms with E-state index >= 15 is 0 Å². The van der Waals surface area contributed by atoms with Gasteiger partial charge in [-0.25, -0.2) is 0 Å². The Morgan fingerprint density at radius 1 is 1.13 bits per heavy atom. The van der Waals surface area contributed by atoms with Gasteiger partial charge in [0.2, 0.25) is 5.91 Å². The van der Waals surface area contributed by atoms with Crippen molar-refractivity contribution in [3.05, 3.63) is 64.7 Å². The van der Waals surface area contributed by atoms with Crippen LogP contribution in [0.4, 0.5) is 18.9 Å². The van der Waals surface area contributed by atoms with E-state index in [9.17, 15) is 18.0 Å². The monoisotopic (exact) mass is 431 g/mol. The fourth-order valence-electron chi connectivity index (χ4n) is 3.65. The van der Waals surface area contributed by atoms with Gasteiger partial charge >= 0.3 is 6.18 Å². The first-order valence-corrected chi connectivity index (χ1v) is 10.2. The van der Waals surface area contributed by atoms with Crippen LogP contribution < -0.4 is 5.32 Å². The fraction of sp³-hybridized carbons (Fsp3) is 0.409. The number of halogens is 3. The van der Waals surface area contributed by atoms with E-state index in [1.54, 1.807) is 0 Å². The SMILES string of the molecule is Cc1nn(Cc2ccccc2)c(C)c1NC(=O)CCn1nc(C(F)(F)F)cc1C1CC1. The molecule has 1 aliphatic carbocycles. The molecule has 164 valence electrons. The first-order chi connectivity index (χ1) is 14.7. The van der Waals surface area contributed by atoms with Gasteiger partial charge in [-0.3, -0.25) is 14.2 Å². The average Bonchev–Trinajstić information content (AvgIpc) is 3.42. The minimum atomic E-state index is -4.49. The summed E-state index contributed by atoms with van der Waals surface area (Å²) in [6.07, 6.45) is -2.75. The molecule has 1 N–H and O–H groups in total. The maximum Gasteiger partial charge on any atom is 0.435 e. The molecule has 1 fully saturated rings. The van der Waals surface area contributed by atoms with E-state index in [1.165, 1.54) is 4.68 Å². The molecule has 0 unspecified atom stereocenters. The van der Waals surface area contributed by atoms with Gasteiger partial charge in [0, 0.05) is 24.6 Å². The summed E-state index contributed by atoms with van der Waals surface area (Å²) in [5, 5.41) is 11.1. The quantitative estimate of drug-likeness (QED) is 0.591. The van der Waals surface area contributed by atoms with Gasteiger partial charge in [0.05, 0.1) is 23.6 Å². The van der Waals surface area contributed by atoms with Crippen LogP contribution in [0.25, 0.3) is 0 Å². The average molecular weight is 431 g/mol. The predicted octanol–water partition coefficient (Wildman–Crippen LogP) is 4.67. The highest BCUT2D eigenvalue weighted by molar-refractivity contribution is 5.91. The second kappa shape index (κ2) is 8.20. The van der Waals surface area contributed by atoms with E-state index < -0.39 is 11.9 Å². The second-order valence-electron chi connectivity index (χ2n) is 7.94. The molecule has 0 aliphatic heterocycles. The smallest absolute Gasteiger partial charge is 0.323 e. The van der Waals surface area contributed by atoms with Gasteiger partial charge < -0.3 is 5.32 Å². The Bertz CT molecular complexity index is 1080. The summed E-state index contributed by atoms with van der Waals surface area (Å²) in [7, 11) is 0. The van der Waals surface area contributed by atoms with Crippen molar-refractivity contribution in [1.29, 1.82) is 0 Å². The van der Waals surface area contributed by atoms with Crippen molar-refractivity contribution < 1.29 is 18.0 Å². The van der Waals surface area contributed by atoms with Gasteiger partial charge in [0.25, 0.3) is 0 Å². The van der Waals surface area contributed by atoms with Crippen LogP contribution in [0.5, 0.6) is 0 Å². The molecule has 1 amide bonds. The van der Waals surface area contributed by atoms with Crippen LogP contribution >= 0.6 is 0 Å². The molecule has 2 heterocycles. The summed E-state index contributed by atoms with van der Waals surface area (Å²) < 4.78 is 42.3. The van der Waals surface area contributed by atoms with E-state index in [0.717, 1.165) is 30.2 Å². The van der Waals surface area contributed by atoms with Crippen LogP contribution in [0.1, 0.15) is 53.5 Å². The van der Waals surface area contributed by atoms with Crippen LogP contribution in [-0.2, 0) is 24.1 Å². The minimum absolute atomic E-state index is 0.0292. The number of aryl methyl sites for hydroxylation is 2. The Hall–Kier alpha value is -3.10. The summed E-state index contributed by atoms with van der Waals surface area (Å²) >= 11 is 0. The largest absolute Gasteiger partial charge is 0.435 e. The molecule has 1 aromatic carbocycles. The van der Waals surface area contributed by atoms with Crippen LogP contribution in [0.2, 0.25) is 0 Å². The van der Waals surface area contributed by atoms with Gasteiger partial charge in [-0.05, 0) is 38.3 Å². The van der Waals surface area contributed by atoms with Crippen molar-refractivity contribution in [3.8, 4) is 0 Å². The third-order valence-corrected chi connectivity index (χ3v) is 5.47. The van der Waals surface area contributed by atoms with Crippen LogP contribution in [0, 0.1) is 13.8 Å². The molecular formula is C22H24F3N5O. The lowest BCUT2D eigenvalue weighted by molar-refractivity contribution is -0.141. The Balaban J connectivity index is 1.42. The van der Waals surface area contributed by atoms with Gasteiger partial charge in [-0.2, -0.15) is 23.4 Å². The molecule has 6 nitrogen and oxygen atoms in total. The lowest BCUT2D eigenvalue weighted by Crippen LogP contribution is -2.17. The zero-order valence-corrected chi connectivity index (χ0v) is 17.4. The van der Waals surface area contributed by atoms with Crippen LogP contribution in [-0.4, -0.2) is 25.5 Å². The van der Waals surface area contributed by atoms with Crippen molar-refractivity contribution in [3.63, 3.8) is 0 Å². The topological polar surface area (TPSA) is 64.7 Å². The first kappa shape index (κ1) is 21.1. The Labute approximate surface area is 178 Å². The molecule has 9 heteroatoms. The molecule has 3 aromatic rings. The van der Waals surface area contributed by atoms with Gasteiger partial charge in [0.15, 0.2) is 5.69 Å². The number of hydrogen-bond donors (Lipinski definition) is 1. The van der Waals surface area contributed by atoms with Crippen LogP contribution in [0.15, 0.2) is 36.4 Å². The molecule has 0 saturated heterocycles. The van der Waals surface area contributed by atoms with Crippen molar-refractivity contribution in [1.82, 2.24) is 19.6 Å². The lowest BCUT2D eigenvalue weighted by atomic mass is 10.2. The predicted molar refractivity (Wildman–Crippen MR) is 110 cm³/mol. The second-order valence-corrected chi connectivity index (χ2v) is 7.94. The molecule has 4 rings (SSSR count). The highest BCUT2D eigenvalue weighted by atomic mass is 19.4. The lowest BCUT2D eigenvalue weighted by Gasteiger charge is -2.09. The molecule has 0 atom stereocenters. The molecule has 31 heavy (non-hydrogen) atoms. The molecule has 1 aliphatic rings. The number of carbonyl (C=O) groups excluding carboxylic acids is 1. The van der Waals surface area contributed by atoms with Gasteiger partial charge in [0.1, 0.15) is 0 Å². The number of aromatic nitrogens is 4. The standard InChI is InChI=1S/C22H24F3N5O/c1-14-21(15(2)30(27-14)13-16-6-4-3-5-7-16)26-20(31)10-11-29-18(17-8-9-17)12-19(28-29)22(23,24)25/h3-7,12,17H,8-11,13H2,1-2H3,(H,26,31). The summed E-state index contributed by atoms with van der Waals surface area (Å²) in [5.74, 6) is -0.177. The number of nitrogens with zero attached hydrogens (tertiary/aromatic N) is 4. The van der Waals surface area contributed by atoms with Crippen molar-refractivity contribution >= 4 is 11.6 Å². The van der Waals surface area contributed by atoms with E-state index in [0.29, 0.717) is 23.6 Å². The molecule has 0 radical (unpaired) electrons. The highest BCUT2D eigenvalue weighted by Gasteiger charge is 2.37. The van der Waals surface area contributed by atoms with Gasteiger partial charge in [-0.1, -0.05) is 30.3 Å². The summed E-state index contributed by atoms with van der Waals surface area (Å²) in [5.41, 5.74) is 2.91. The zero-order valence-electron chi connectivity index (χ0n) is 17.4. The molecule has 0 bridgehead atoms. The Kier molecular flexibility index (Phi) is 5.60. The zero-order chi connectivity index (χ0) is 22.2. The van der Waals surface area contributed by atoms with Crippen molar-refractivity contribution in [2.75, 3.05) is 5.32 Å². The molecule has 1 saturated carbocycles. The number of amides is 1. The number of carbonyl (C=O) groups is 1. The molecule has 0 spiro atoms. The maximum atomic E-state index is 13.0. The third-order valence-electron chi connectivity index (χ3n) is 5.47. The fourth-order valence-corrected chi connectivity index (χ4v) is 3.65. The maximum absolute atomic E-state index is 13.0. The third kappa shape index (κ3) is 4.81. The Morgan fingerprint density at radius 2 is 1.84 bits per heavy atom. The number of rotatable bonds is 7. The number of nitrogens with one attached hydrogen (secondary N) is 1. The van der Waals surface area contributed by atoms with E-state index in [-0.39, 0.29) is 24.8 Å². The minimum Gasteiger partial charge on any atom is -0.323 e. The molecule has 2 aromatic heterocycles. The number of anilines is 1. The molecular weight excluding hydrogens is 407 g/mol. The van der Waals surface area contributed by atoms with Gasteiger partial charge in [-0.15, -0.1) is 0 Å². The van der Waals surface area contributed by atoms with E-state index in [4.69, 9.17) is 0 Å². The number of alkyl halides is 3. The Morgan fingerprint density at radius 3 is 2.48 bits per heavy atom. The summed E-state index contributed by atoms with van der Waals surface area (Å²) in [6.45, 7) is 4.39. The van der Waals surface area contributed by atoms with E-state index in [2.05, 4.69) is 15.5 Å². The summed E-state index contributed by atoms with van der Waals surface area (Å²) in [4.78, 5) is 12.5. The first-order valence-electron chi connectivity index (χ1n) is 10.2. The van der Waals surface area contributed by atoms with Crippen LogP contribution in [0.3, 0.4) is 0 Å². The van der Waals surface area contributed by atoms with Crippen molar-refractivity contribution in [2.24, 2.45) is 0 Å². The highest BCUT2D eigenvalue weighted by Crippen LogP contribution is 2.42.